The van der Waals surface area contributed by atoms with Gasteiger partial charge in [-0.3, -0.25) is 0 Å². The summed E-state index contributed by atoms with van der Waals surface area (Å²) >= 11 is 0. The molecule has 1 aliphatic heterocycles. The molecule has 0 spiro atoms. The van der Waals surface area contributed by atoms with Crippen molar-refractivity contribution >= 4 is 18.2 Å². The SMILES string of the molecule is CC(C)N(CCN1CCCCC1)c1ccccn1.Cl. The highest BCUT2D eigenvalue weighted by atomic mass is 35.5. The van der Waals surface area contributed by atoms with Crippen LogP contribution >= 0.6 is 12.4 Å². The molecule has 3 nitrogen and oxygen atoms in total. The zero-order valence-corrected chi connectivity index (χ0v) is 12.9. The van der Waals surface area contributed by atoms with Crippen LogP contribution < -0.4 is 4.90 Å². The monoisotopic (exact) mass is 283 g/mol. The Morgan fingerprint density at radius 2 is 1.95 bits per heavy atom. The van der Waals surface area contributed by atoms with Crippen molar-refractivity contribution in [3.63, 3.8) is 0 Å². The minimum Gasteiger partial charge on any atom is -0.353 e. The summed E-state index contributed by atoms with van der Waals surface area (Å²) in [6.07, 6.45) is 6.02. The van der Waals surface area contributed by atoms with Gasteiger partial charge in [-0.25, -0.2) is 4.98 Å². The lowest BCUT2D eigenvalue weighted by atomic mass is 10.1. The molecular weight excluding hydrogens is 258 g/mol. The van der Waals surface area contributed by atoms with Gasteiger partial charge in [-0.15, -0.1) is 12.4 Å². The van der Waals surface area contributed by atoms with Gasteiger partial charge in [0, 0.05) is 25.3 Å². The van der Waals surface area contributed by atoms with Crippen molar-refractivity contribution in [3.8, 4) is 0 Å². The van der Waals surface area contributed by atoms with E-state index in [0.29, 0.717) is 6.04 Å². The Morgan fingerprint density at radius 1 is 1.21 bits per heavy atom. The highest BCUT2D eigenvalue weighted by molar-refractivity contribution is 5.85. The van der Waals surface area contributed by atoms with Gasteiger partial charge in [0.15, 0.2) is 0 Å². The molecule has 1 aliphatic rings. The molecule has 1 aromatic heterocycles. The van der Waals surface area contributed by atoms with E-state index in [1.165, 1.54) is 32.4 Å². The van der Waals surface area contributed by atoms with Crippen LogP contribution in [-0.4, -0.2) is 42.1 Å². The first-order valence-corrected chi connectivity index (χ1v) is 7.17. The van der Waals surface area contributed by atoms with Crippen molar-refractivity contribution in [1.82, 2.24) is 9.88 Å². The van der Waals surface area contributed by atoms with Gasteiger partial charge < -0.3 is 9.80 Å². The topological polar surface area (TPSA) is 19.4 Å². The van der Waals surface area contributed by atoms with Gasteiger partial charge >= 0.3 is 0 Å². The Kier molecular flexibility index (Phi) is 7.17. The molecule has 0 aromatic carbocycles. The summed E-state index contributed by atoms with van der Waals surface area (Å²) in [6, 6.07) is 6.66. The predicted molar refractivity (Wildman–Crippen MR) is 84.3 cm³/mol. The molecule has 0 aliphatic carbocycles. The maximum atomic E-state index is 4.47. The normalized spacial score (nSPS) is 16.2. The number of piperidine rings is 1. The number of rotatable bonds is 5. The second-order valence-electron chi connectivity index (χ2n) is 5.38. The molecule has 0 saturated carbocycles. The Balaban J connectivity index is 0.00000180. The summed E-state index contributed by atoms with van der Waals surface area (Å²) < 4.78 is 0. The van der Waals surface area contributed by atoms with E-state index in [0.717, 1.165) is 18.9 Å². The van der Waals surface area contributed by atoms with Gasteiger partial charge in [0.1, 0.15) is 5.82 Å². The summed E-state index contributed by atoms with van der Waals surface area (Å²) in [7, 11) is 0. The van der Waals surface area contributed by atoms with E-state index < -0.39 is 0 Å². The standard InChI is InChI=1S/C15H25N3.ClH/c1-14(2)18(15-8-4-5-9-16-15)13-12-17-10-6-3-7-11-17;/h4-5,8-9,14H,3,6-7,10-13H2,1-2H3;1H. The van der Waals surface area contributed by atoms with Crippen molar-refractivity contribution in [3.05, 3.63) is 24.4 Å². The van der Waals surface area contributed by atoms with Gasteiger partial charge in [-0.05, 0) is 51.9 Å². The number of halogens is 1. The van der Waals surface area contributed by atoms with E-state index in [2.05, 4.69) is 40.8 Å². The third-order valence-corrected chi connectivity index (χ3v) is 3.67. The third-order valence-electron chi connectivity index (χ3n) is 3.67. The van der Waals surface area contributed by atoms with E-state index in [4.69, 9.17) is 0 Å². The van der Waals surface area contributed by atoms with Crippen LogP contribution in [0.2, 0.25) is 0 Å². The van der Waals surface area contributed by atoms with Crippen LogP contribution in [0.15, 0.2) is 24.4 Å². The van der Waals surface area contributed by atoms with Crippen LogP contribution in [0, 0.1) is 0 Å². The highest BCUT2D eigenvalue weighted by Crippen LogP contribution is 2.14. The minimum atomic E-state index is 0. The van der Waals surface area contributed by atoms with Crippen LogP contribution in [0.25, 0.3) is 0 Å². The quantitative estimate of drug-likeness (QED) is 0.827. The Bertz CT molecular complexity index is 337. The van der Waals surface area contributed by atoms with E-state index in [9.17, 15) is 0 Å². The zero-order valence-electron chi connectivity index (χ0n) is 12.1. The van der Waals surface area contributed by atoms with Crippen LogP contribution in [0.3, 0.4) is 0 Å². The van der Waals surface area contributed by atoms with Crippen molar-refractivity contribution in [2.24, 2.45) is 0 Å². The lowest BCUT2D eigenvalue weighted by Crippen LogP contribution is -2.41. The lowest BCUT2D eigenvalue weighted by molar-refractivity contribution is 0.232. The fourth-order valence-corrected chi connectivity index (χ4v) is 2.59. The number of hydrogen-bond donors (Lipinski definition) is 0. The largest absolute Gasteiger partial charge is 0.353 e. The molecule has 0 bridgehead atoms. The summed E-state index contributed by atoms with van der Waals surface area (Å²) in [5, 5.41) is 0. The van der Waals surface area contributed by atoms with Gasteiger partial charge in [-0.2, -0.15) is 0 Å². The highest BCUT2D eigenvalue weighted by Gasteiger charge is 2.15. The van der Waals surface area contributed by atoms with Crippen LogP contribution in [0.5, 0.6) is 0 Å². The molecule has 108 valence electrons. The number of aromatic nitrogens is 1. The summed E-state index contributed by atoms with van der Waals surface area (Å²) in [5.74, 6) is 1.10. The number of likely N-dealkylation sites (tertiary alicyclic amines) is 1. The second kappa shape index (κ2) is 8.39. The van der Waals surface area contributed by atoms with E-state index >= 15 is 0 Å². The Morgan fingerprint density at radius 3 is 2.53 bits per heavy atom. The van der Waals surface area contributed by atoms with Crippen molar-refractivity contribution in [2.75, 3.05) is 31.1 Å². The van der Waals surface area contributed by atoms with Crippen molar-refractivity contribution in [2.45, 2.75) is 39.2 Å². The fraction of sp³-hybridized carbons (Fsp3) is 0.667. The van der Waals surface area contributed by atoms with E-state index in [1.807, 2.05) is 12.3 Å². The fourth-order valence-electron chi connectivity index (χ4n) is 2.59. The number of nitrogens with zero attached hydrogens (tertiary/aromatic N) is 3. The first kappa shape index (κ1) is 16.3. The molecular formula is C15H26ClN3. The van der Waals surface area contributed by atoms with Crippen LogP contribution in [-0.2, 0) is 0 Å². The van der Waals surface area contributed by atoms with Crippen molar-refractivity contribution < 1.29 is 0 Å². The van der Waals surface area contributed by atoms with E-state index in [1.54, 1.807) is 0 Å². The van der Waals surface area contributed by atoms with Gasteiger partial charge in [0.2, 0.25) is 0 Å². The summed E-state index contributed by atoms with van der Waals surface area (Å²) in [6.45, 7) is 9.27. The molecule has 1 fully saturated rings. The number of hydrogen-bond acceptors (Lipinski definition) is 3. The third kappa shape index (κ3) is 5.00. The van der Waals surface area contributed by atoms with E-state index in [-0.39, 0.29) is 12.4 Å². The van der Waals surface area contributed by atoms with Crippen LogP contribution in [0.4, 0.5) is 5.82 Å². The summed E-state index contributed by atoms with van der Waals surface area (Å²) in [4.78, 5) is 9.45. The second-order valence-corrected chi connectivity index (χ2v) is 5.38. The first-order valence-electron chi connectivity index (χ1n) is 7.17. The molecule has 2 rings (SSSR count). The smallest absolute Gasteiger partial charge is 0.128 e. The maximum Gasteiger partial charge on any atom is 0.128 e. The van der Waals surface area contributed by atoms with Crippen LogP contribution in [0.1, 0.15) is 33.1 Å². The summed E-state index contributed by atoms with van der Waals surface area (Å²) in [5.41, 5.74) is 0. The van der Waals surface area contributed by atoms with Gasteiger partial charge in [-0.1, -0.05) is 12.5 Å². The molecule has 0 N–H and O–H groups in total. The Labute approximate surface area is 123 Å². The Hall–Kier alpha value is -0.800. The maximum absolute atomic E-state index is 4.47. The predicted octanol–water partition coefficient (Wildman–Crippen LogP) is 3.20. The average molecular weight is 284 g/mol. The molecule has 1 saturated heterocycles. The molecule has 4 heteroatoms. The number of pyridine rings is 1. The molecule has 1 aromatic rings. The lowest BCUT2D eigenvalue weighted by Gasteiger charge is -2.32. The molecule has 0 unspecified atom stereocenters. The van der Waals surface area contributed by atoms with Gasteiger partial charge in [0.25, 0.3) is 0 Å². The minimum absolute atomic E-state index is 0. The molecule has 19 heavy (non-hydrogen) atoms. The number of anilines is 1. The first-order chi connectivity index (χ1) is 8.77. The molecule has 0 amide bonds. The molecule has 0 radical (unpaired) electrons. The van der Waals surface area contributed by atoms with Gasteiger partial charge in [0.05, 0.1) is 0 Å². The van der Waals surface area contributed by atoms with Crippen molar-refractivity contribution in [1.29, 1.82) is 0 Å². The zero-order chi connectivity index (χ0) is 12.8. The molecule has 0 atom stereocenters. The molecule has 2 heterocycles. The average Bonchev–Trinajstić information content (AvgIpc) is 2.41.